The Kier molecular flexibility index (Phi) is 4.29. The lowest BCUT2D eigenvalue weighted by Gasteiger charge is -2.03. The van der Waals surface area contributed by atoms with E-state index >= 15 is 0 Å². The first kappa shape index (κ1) is 10.3. The van der Waals surface area contributed by atoms with Crippen molar-refractivity contribution in [1.82, 2.24) is 14.9 Å². The number of carbonyl (C=O) groups is 1. The molecule has 0 aliphatic rings. The first-order valence-electron chi connectivity index (χ1n) is 4.49. The monoisotopic (exact) mass is 191 g/mol. The Morgan fingerprint density at radius 3 is 3.14 bits per heavy atom. The SMILES string of the molecule is C#CCCNC(=O)CCn1ccnc1. The highest BCUT2D eigenvalue weighted by Gasteiger charge is 1.99. The summed E-state index contributed by atoms with van der Waals surface area (Å²) in [7, 11) is 0. The van der Waals surface area contributed by atoms with Crippen LogP contribution in [0.15, 0.2) is 18.7 Å². The number of nitrogens with zero attached hydrogens (tertiary/aromatic N) is 2. The highest BCUT2D eigenvalue weighted by atomic mass is 16.1. The Labute approximate surface area is 83.3 Å². The molecule has 1 aromatic heterocycles. The summed E-state index contributed by atoms with van der Waals surface area (Å²) >= 11 is 0. The summed E-state index contributed by atoms with van der Waals surface area (Å²) in [5.41, 5.74) is 0. The van der Waals surface area contributed by atoms with Crippen LogP contribution < -0.4 is 5.32 Å². The van der Waals surface area contributed by atoms with Crippen LogP contribution in [0, 0.1) is 12.3 Å². The average molecular weight is 191 g/mol. The van der Waals surface area contributed by atoms with Crippen molar-refractivity contribution in [3.8, 4) is 12.3 Å². The Morgan fingerprint density at radius 1 is 1.64 bits per heavy atom. The van der Waals surface area contributed by atoms with Crippen molar-refractivity contribution in [3.63, 3.8) is 0 Å². The summed E-state index contributed by atoms with van der Waals surface area (Å²) < 4.78 is 1.86. The number of aryl methyl sites for hydroxylation is 1. The van der Waals surface area contributed by atoms with Gasteiger partial charge in [-0.25, -0.2) is 4.98 Å². The van der Waals surface area contributed by atoms with E-state index in [2.05, 4.69) is 16.2 Å². The lowest BCUT2D eigenvalue weighted by atomic mass is 10.3. The van der Waals surface area contributed by atoms with E-state index in [4.69, 9.17) is 6.42 Å². The molecule has 0 aliphatic carbocycles. The fourth-order valence-electron chi connectivity index (χ4n) is 1.01. The van der Waals surface area contributed by atoms with Gasteiger partial charge in [0.05, 0.1) is 6.33 Å². The zero-order valence-corrected chi connectivity index (χ0v) is 7.94. The minimum absolute atomic E-state index is 0.0222. The van der Waals surface area contributed by atoms with Crippen LogP contribution in [0.1, 0.15) is 12.8 Å². The van der Waals surface area contributed by atoms with Gasteiger partial charge in [-0.05, 0) is 0 Å². The molecule has 0 unspecified atom stereocenters. The molecular weight excluding hydrogens is 178 g/mol. The van der Waals surface area contributed by atoms with Crippen molar-refractivity contribution in [2.45, 2.75) is 19.4 Å². The summed E-state index contributed by atoms with van der Waals surface area (Å²) in [6.45, 7) is 1.21. The molecule has 74 valence electrons. The van der Waals surface area contributed by atoms with Crippen molar-refractivity contribution >= 4 is 5.91 Å². The minimum Gasteiger partial charge on any atom is -0.355 e. The molecule has 1 amide bonds. The van der Waals surface area contributed by atoms with Gasteiger partial charge in [0.25, 0.3) is 0 Å². The van der Waals surface area contributed by atoms with Crippen LogP contribution in [0.3, 0.4) is 0 Å². The highest BCUT2D eigenvalue weighted by molar-refractivity contribution is 5.75. The van der Waals surface area contributed by atoms with E-state index in [0.29, 0.717) is 25.9 Å². The predicted molar refractivity (Wildman–Crippen MR) is 53.3 cm³/mol. The van der Waals surface area contributed by atoms with Gasteiger partial charge in [0, 0.05) is 38.3 Å². The maximum Gasteiger partial charge on any atom is 0.221 e. The first-order valence-corrected chi connectivity index (χ1v) is 4.49. The van der Waals surface area contributed by atoms with Crippen LogP contribution in [0.4, 0.5) is 0 Å². The third kappa shape index (κ3) is 3.76. The molecule has 0 aromatic carbocycles. The number of carbonyl (C=O) groups excluding carboxylic acids is 1. The maximum absolute atomic E-state index is 11.2. The average Bonchev–Trinajstić information content (AvgIpc) is 2.68. The molecule has 1 aromatic rings. The second kappa shape index (κ2) is 5.81. The van der Waals surface area contributed by atoms with E-state index in [-0.39, 0.29) is 5.91 Å². The molecule has 0 saturated carbocycles. The third-order valence-corrected chi connectivity index (χ3v) is 1.75. The zero-order valence-electron chi connectivity index (χ0n) is 7.94. The van der Waals surface area contributed by atoms with Gasteiger partial charge in [-0.3, -0.25) is 4.79 Å². The maximum atomic E-state index is 11.2. The van der Waals surface area contributed by atoms with Crippen molar-refractivity contribution < 1.29 is 4.79 Å². The summed E-state index contributed by atoms with van der Waals surface area (Å²) in [6.07, 6.45) is 11.3. The number of imidazole rings is 1. The number of hydrogen-bond donors (Lipinski definition) is 1. The van der Waals surface area contributed by atoms with Gasteiger partial charge in [0.15, 0.2) is 0 Å². The Bertz CT molecular complexity index is 311. The van der Waals surface area contributed by atoms with E-state index in [1.54, 1.807) is 12.5 Å². The van der Waals surface area contributed by atoms with E-state index in [1.807, 2.05) is 10.8 Å². The van der Waals surface area contributed by atoms with Gasteiger partial charge in [0.2, 0.25) is 5.91 Å². The standard InChI is InChI=1S/C10H13N3O/c1-2-3-5-12-10(14)4-7-13-8-6-11-9-13/h1,6,8-9H,3-5,7H2,(H,12,14). The van der Waals surface area contributed by atoms with Crippen LogP contribution in [-0.2, 0) is 11.3 Å². The van der Waals surface area contributed by atoms with Gasteiger partial charge in [-0.2, -0.15) is 0 Å². The molecule has 0 radical (unpaired) electrons. The molecule has 1 N–H and O–H groups in total. The van der Waals surface area contributed by atoms with Crippen LogP contribution in [0.2, 0.25) is 0 Å². The molecule has 14 heavy (non-hydrogen) atoms. The van der Waals surface area contributed by atoms with E-state index in [0.717, 1.165) is 0 Å². The van der Waals surface area contributed by atoms with Crippen molar-refractivity contribution in [2.24, 2.45) is 0 Å². The molecule has 0 saturated heterocycles. The molecule has 0 aliphatic heterocycles. The van der Waals surface area contributed by atoms with Gasteiger partial charge in [-0.1, -0.05) is 0 Å². The second-order valence-corrected chi connectivity index (χ2v) is 2.85. The molecule has 0 fully saturated rings. The van der Waals surface area contributed by atoms with Crippen LogP contribution in [0.25, 0.3) is 0 Å². The molecule has 1 rings (SSSR count). The fraction of sp³-hybridized carbons (Fsp3) is 0.400. The number of rotatable bonds is 5. The van der Waals surface area contributed by atoms with E-state index in [1.165, 1.54) is 0 Å². The molecule has 0 spiro atoms. The Hall–Kier alpha value is -1.76. The minimum atomic E-state index is 0.0222. The summed E-state index contributed by atoms with van der Waals surface area (Å²) in [5.74, 6) is 2.48. The lowest BCUT2D eigenvalue weighted by Crippen LogP contribution is -2.25. The topological polar surface area (TPSA) is 46.9 Å². The summed E-state index contributed by atoms with van der Waals surface area (Å²) in [5, 5.41) is 2.73. The molecular formula is C10H13N3O. The molecule has 0 bridgehead atoms. The second-order valence-electron chi connectivity index (χ2n) is 2.85. The first-order chi connectivity index (χ1) is 6.83. The number of terminal acetylenes is 1. The van der Waals surface area contributed by atoms with Gasteiger partial charge in [-0.15, -0.1) is 12.3 Å². The number of hydrogen-bond acceptors (Lipinski definition) is 2. The predicted octanol–water partition coefficient (Wildman–Crippen LogP) is 0.413. The van der Waals surface area contributed by atoms with Crippen molar-refractivity contribution in [3.05, 3.63) is 18.7 Å². The number of nitrogens with one attached hydrogen (secondary N) is 1. The van der Waals surface area contributed by atoms with Crippen LogP contribution in [-0.4, -0.2) is 22.0 Å². The number of aromatic nitrogens is 2. The summed E-state index contributed by atoms with van der Waals surface area (Å²) in [4.78, 5) is 15.1. The summed E-state index contributed by atoms with van der Waals surface area (Å²) in [6, 6.07) is 0. The highest BCUT2D eigenvalue weighted by Crippen LogP contribution is 1.90. The number of amides is 1. The third-order valence-electron chi connectivity index (χ3n) is 1.75. The van der Waals surface area contributed by atoms with E-state index in [9.17, 15) is 4.79 Å². The van der Waals surface area contributed by atoms with Gasteiger partial charge < -0.3 is 9.88 Å². The fourth-order valence-corrected chi connectivity index (χ4v) is 1.01. The lowest BCUT2D eigenvalue weighted by molar-refractivity contribution is -0.121. The normalized spacial score (nSPS) is 9.36. The van der Waals surface area contributed by atoms with E-state index < -0.39 is 0 Å². The molecule has 0 atom stereocenters. The molecule has 4 heteroatoms. The molecule has 4 nitrogen and oxygen atoms in total. The van der Waals surface area contributed by atoms with Crippen molar-refractivity contribution in [2.75, 3.05) is 6.54 Å². The quantitative estimate of drug-likeness (QED) is 0.541. The van der Waals surface area contributed by atoms with Crippen molar-refractivity contribution in [1.29, 1.82) is 0 Å². The largest absolute Gasteiger partial charge is 0.355 e. The van der Waals surface area contributed by atoms with Crippen LogP contribution >= 0.6 is 0 Å². The smallest absolute Gasteiger partial charge is 0.221 e. The van der Waals surface area contributed by atoms with Crippen LogP contribution in [0.5, 0.6) is 0 Å². The van der Waals surface area contributed by atoms with Gasteiger partial charge in [0.1, 0.15) is 0 Å². The van der Waals surface area contributed by atoms with Gasteiger partial charge >= 0.3 is 0 Å². The Balaban J connectivity index is 2.13. The zero-order chi connectivity index (χ0) is 10.2. The Morgan fingerprint density at radius 2 is 2.50 bits per heavy atom. The molecule has 1 heterocycles.